The molecule has 2 amide bonds. The molecule has 0 spiro atoms. The number of benzene rings is 1. The first-order valence-electron chi connectivity index (χ1n) is 9.93. The molecule has 2 aliphatic rings. The van der Waals surface area contributed by atoms with Gasteiger partial charge in [-0.3, -0.25) is 9.69 Å². The Morgan fingerprint density at radius 2 is 1.97 bits per heavy atom. The molecule has 166 valence electrons. The molecule has 31 heavy (non-hydrogen) atoms. The second-order valence-corrected chi connectivity index (χ2v) is 7.15. The van der Waals surface area contributed by atoms with E-state index in [0.29, 0.717) is 44.2 Å². The maximum absolute atomic E-state index is 13.4. The third-order valence-electron chi connectivity index (χ3n) is 5.11. The van der Waals surface area contributed by atoms with Gasteiger partial charge in [-0.25, -0.2) is 13.6 Å². The smallest absolute Gasteiger partial charge is 0.409 e. The summed E-state index contributed by atoms with van der Waals surface area (Å²) in [5.74, 6) is -1.31. The highest BCUT2D eigenvalue weighted by molar-refractivity contribution is 5.88. The van der Waals surface area contributed by atoms with E-state index in [1.807, 2.05) is 4.90 Å². The van der Waals surface area contributed by atoms with Crippen molar-refractivity contribution in [3.05, 3.63) is 72.3 Å². The zero-order valence-corrected chi connectivity index (χ0v) is 17.4. The molecule has 9 heteroatoms. The molecule has 2 fully saturated rings. The number of halogens is 2. The van der Waals surface area contributed by atoms with Gasteiger partial charge in [0.2, 0.25) is 0 Å². The first kappa shape index (κ1) is 22.3. The summed E-state index contributed by atoms with van der Waals surface area (Å²) in [6.07, 6.45) is 2.47. The summed E-state index contributed by atoms with van der Waals surface area (Å²) >= 11 is 0. The molecule has 2 heterocycles. The number of amides is 2. The molecule has 2 aliphatic heterocycles. The van der Waals surface area contributed by atoms with Gasteiger partial charge in [-0.15, -0.1) is 0 Å². The highest BCUT2D eigenvalue weighted by atomic mass is 19.2. The normalized spacial score (nSPS) is 19.3. The van der Waals surface area contributed by atoms with E-state index in [1.54, 1.807) is 22.8 Å². The Balaban J connectivity index is 1.72. The van der Waals surface area contributed by atoms with Gasteiger partial charge in [0.15, 0.2) is 11.6 Å². The largest absolute Gasteiger partial charge is 0.489 e. The van der Waals surface area contributed by atoms with E-state index in [2.05, 4.69) is 13.2 Å². The van der Waals surface area contributed by atoms with Crippen LogP contribution in [-0.4, -0.2) is 65.5 Å². The number of piperazine rings is 1. The number of hydrogen-bond donors (Lipinski definition) is 0. The maximum atomic E-state index is 13.4. The monoisotopic (exact) mass is 433 g/mol. The van der Waals surface area contributed by atoms with Crippen LogP contribution in [0.4, 0.5) is 13.6 Å². The molecule has 0 bridgehead atoms. The lowest BCUT2D eigenvalue weighted by Gasteiger charge is -2.37. The van der Waals surface area contributed by atoms with Crippen molar-refractivity contribution in [2.75, 3.05) is 32.8 Å². The summed E-state index contributed by atoms with van der Waals surface area (Å²) < 4.78 is 37.1. The minimum absolute atomic E-state index is 0.00468. The van der Waals surface area contributed by atoms with Crippen molar-refractivity contribution in [2.45, 2.75) is 19.6 Å². The Labute approximate surface area is 179 Å². The number of rotatable bonds is 6. The van der Waals surface area contributed by atoms with Gasteiger partial charge in [-0.05, 0) is 30.7 Å². The summed E-state index contributed by atoms with van der Waals surface area (Å²) in [7, 11) is 0. The fourth-order valence-electron chi connectivity index (χ4n) is 3.62. The van der Waals surface area contributed by atoms with Crippen molar-refractivity contribution < 1.29 is 27.8 Å². The molecule has 1 atom stereocenters. The van der Waals surface area contributed by atoms with Gasteiger partial charge in [0.25, 0.3) is 5.91 Å². The van der Waals surface area contributed by atoms with Crippen LogP contribution in [0.25, 0.3) is 0 Å². The van der Waals surface area contributed by atoms with Gasteiger partial charge >= 0.3 is 6.09 Å². The molecule has 0 aromatic heterocycles. The van der Waals surface area contributed by atoms with E-state index >= 15 is 0 Å². The fourth-order valence-corrected chi connectivity index (χ4v) is 3.62. The van der Waals surface area contributed by atoms with Gasteiger partial charge in [0.05, 0.1) is 12.6 Å². The van der Waals surface area contributed by atoms with Crippen LogP contribution in [0.3, 0.4) is 0 Å². The number of allylic oxidation sites excluding steroid dienone is 1. The first-order chi connectivity index (χ1) is 14.8. The second kappa shape index (κ2) is 9.63. The molecule has 2 saturated heterocycles. The van der Waals surface area contributed by atoms with Crippen LogP contribution in [0.15, 0.2) is 55.1 Å². The molecule has 3 rings (SSSR count). The predicted molar refractivity (Wildman–Crippen MR) is 109 cm³/mol. The Kier molecular flexibility index (Phi) is 6.94. The average Bonchev–Trinajstić information content (AvgIpc) is 3.11. The van der Waals surface area contributed by atoms with Gasteiger partial charge < -0.3 is 19.3 Å². The number of fused-ring (bicyclic) bond motifs is 1. The maximum Gasteiger partial charge on any atom is 0.409 e. The van der Waals surface area contributed by atoms with Crippen molar-refractivity contribution in [3.8, 4) is 0 Å². The third-order valence-corrected chi connectivity index (χ3v) is 5.11. The van der Waals surface area contributed by atoms with Crippen molar-refractivity contribution in [1.82, 2.24) is 14.7 Å². The second-order valence-electron chi connectivity index (χ2n) is 7.15. The Bertz CT molecular complexity index is 918. The predicted octanol–water partition coefficient (Wildman–Crippen LogP) is 3.01. The lowest BCUT2D eigenvalue weighted by Crippen LogP contribution is -2.52. The highest BCUT2D eigenvalue weighted by Crippen LogP contribution is 2.29. The third kappa shape index (κ3) is 5.04. The average molecular weight is 433 g/mol. The summed E-state index contributed by atoms with van der Waals surface area (Å²) in [4.78, 5) is 29.7. The van der Waals surface area contributed by atoms with Gasteiger partial charge in [0, 0.05) is 32.3 Å². The van der Waals surface area contributed by atoms with Crippen molar-refractivity contribution in [2.24, 2.45) is 0 Å². The Hall–Kier alpha value is -3.36. The molecule has 0 radical (unpaired) electrons. The number of hydrogen-bond acceptors (Lipinski definition) is 5. The molecule has 1 aromatic rings. The van der Waals surface area contributed by atoms with E-state index in [-0.39, 0.29) is 30.4 Å². The van der Waals surface area contributed by atoms with Gasteiger partial charge in [-0.1, -0.05) is 19.2 Å². The zero-order chi connectivity index (χ0) is 22.5. The molecule has 1 aromatic carbocycles. The van der Waals surface area contributed by atoms with Crippen LogP contribution in [0.1, 0.15) is 12.5 Å². The topological polar surface area (TPSA) is 62.3 Å². The lowest BCUT2D eigenvalue weighted by atomic mass is 10.2. The van der Waals surface area contributed by atoms with Crippen LogP contribution in [0.5, 0.6) is 0 Å². The Morgan fingerprint density at radius 1 is 1.19 bits per heavy atom. The van der Waals surface area contributed by atoms with E-state index in [0.717, 1.165) is 12.1 Å². The summed E-state index contributed by atoms with van der Waals surface area (Å²) in [5.41, 5.74) is 0.449. The molecular weight excluding hydrogens is 408 g/mol. The van der Waals surface area contributed by atoms with Crippen LogP contribution in [0.2, 0.25) is 0 Å². The fraction of sp³-hybridized carbons (Fsp3) is 0.364. The van der Waals surface area contributed by atoms with Crippen molar-refractivity contribution in [3.63, 3.8) is 0 Å². The van der Waals surface area contributed by atoms with E-state index < -0.39 is 11.6 Å². The van der Waals surface area contributed by atoms with Crippen LogP contribution in [-0.2, 0) is 20.9 Å². The quantitative estimate of drug-likeness (QED) is 0.510. The number of carbonyl (C=O) groups excluding carboxylic acids is 2. The molecule has 0 aliphatic carbocycles. The lowest BCUT2D eigenvalue weighted by molar-refractivity contribution is -0.123. The summed E-state index contributed by atoms with van der Waals surface area (Å²) in [6, 6.07) is 3.41. The highest BCUT2D eigenvalue weighted by Gasteiger charge is 2.41. The molecule has 1 unspecified atom stereocenters. The molecule has 7 nitrogen and oxygen atoms in total. The summed E-state index contributed by atoms with van der Waals surface area (Å²) in [6.45, 7) is 11.2. The van der Waals surface area contributed by atoms with Crippen LogP contribution >= 0.6 is 0 Å². The van der Waals surface area contributed by atoms with Crippen LogP contribution < -0.4 is 0 Å². The minimum atomic E-state index is -0.953. The van der Waals surface area contributed by atoms with Crippen molar-refractivity contribution in [1.29, 1.82) is 0 Å². The van der Waals surface area contributed by atoms with E-state index in [9.17, 15) is 18.4 Å². The van der Waals surface area contributed by atoms with Gasteiger partial charge in [0.1, 0.15) is 18.2 Å². The SMILES string of the molecule is C=CC(=O)N1CC2CN(C(=O)OCC)CCN2/C1=C/C(=C)OCc1ccc(F)c(F)c1. The van der Waals surface area contributed by atoms with Crippen molar-refractivity contribution >= 4 is 12.0 Å². The number of ether oxygens (including phenoxy) is 2. The zero-order valence-electron chi connectivity index (χ0n) is 17.4. The van der Waals surface area contributed by atoms with E-state index in [1.165, 1.54) is 12.1 Å². The minimum Gasteiger partial charge on any atom is -0.489 e. The molecular formula is C22H25F2N3O4. The first-order valence-corrected chi connectivity index (χ1v) is 9.93. The van der Waals surface area contributed by atoms with Crippen LogP contribution in [0, 0.1) is 11.6 Å². The van der Waals surface area contributed by atoms with Gasteiger partial charge in [-0.2, -0.15) is 0 Å². The standard InChI is InChI=1S/C22H25F2N3O4/c1-4-21(28)27-13-17-12-25(22(29)30-5-2)8-9-26(17)20(27)10-15(3)31-14-16-6-7-18(23)19(24)11-16/h4,6-7,10-11,17H,1,3,5,8-9,12-14H2,2H3/b20-10-. The number of carbonyl (C=O) groups is 2. The van der Waals surface area contributed by atoms with E-state index in [4.69, 9.17) is 9.47 Å². The Morgan fingerprint density at radius 3 is 2.65 bits per heavy atom. The number of nitrogens with zero attached hydrogens (tertiary/aromatic N) is 3. The molecule has 0 N–H and O–H groups in total. The summed E-state index contributed by atoms with van der Waals surface area (Å²) in [5, 5.41) is 0. The molecule has 0 saturated carbocycles.